The average Bonchev–Trinajstić information content (AvgIpc) is 3.25. The summed E-state index contributed by atoms with van der Waals surface area (Å²) < 4.78 is 38.2. The van der Waals surface area contributed by atoms with Crippen molar-refractivity contribution in [2.24, 2.45) is 0 Å². The molecule has 0 aliphatic carbocycles. The van der Waals surface area contributed by atoms with E-state index in [0.717, 1.165) is 4.88 Å². The highest BCUT2D eigenvalue weighted by molar-refractivity contribution is 7.89. The lowest BCUT2D eigenvalue weighted by Crippen LogP contribution is -2.50. The quantitative estimate of drug-likeness (QED) is 0.708. The molecule has 0 bridgehead atoms. The maximum atomic E-state index is 12.9. The van der Waals surface area contributed by atoms with E-state index in [9.17, 15) is 13.2 Å². The Kier molecular flexibility index (Phi) is 5.38. The van der Waals surface area contributed by atoms with E-state index in [2.05, 4.69) is 0 Å². The first-order valence-corrected chi connectivity index (χ1v) is 11.3. The molecule has 1 saturated heterocycles. The van der Waals surface area contributed by atoms with Crippen LogP contribution in [0.5, 0.6) is 11.5 Å². The Morgan fingerprint density at radius 3 is 2.50 bits per heavy atom. The van der Waals surface area contributed by atoms with Crippen molar-refractivity contribution in [1.82, 2.24) is 9.21 Å². The van der Waals surface area contributed by atoms with Crippen LogP contribution in [0.1, 0.15) is 4.88 Å². The van der Waals surface area contributed by atoms with Crippen molar-refractivity contribution in [1.29, 1.82) is 0 Å². The molecule has 1 aromatic heterocycles. The third-order valence-electron chi connectivity index (χ3n) is 4.64. The van der Waals surface area contributed by atoms with Crippen molar-refractivity contribution < 1.29 is 22.7 Å². The molecule has 0 unspecified atom stereocenters. The lowest BCUT2D eigenvalue weighted by Gasteiger charge is -2.33. The van der Waals surface area contributed by atoms with Crippen LogP contribution in [-0.4, -0.2) is 62.9 Å². The number of piperazine rings is 1. The van der Waals surface area contributed by atoms with Crippen LogP contribution in [0.15, 0.2) is 46.7 Å². The van der Waals surface area contributed by atoms with Gasteiger partial charge in [0.05, 0.1) is 4.90 Å². The van der Waals surface area contributed by atoms with Crippen molar-refractivity contribution in [2.75, 3.05) is 39.4 Å². The predicted octanol–water partition coefficient (Wildman–Crippen LogP) is 2.07. The topological polar surface area (TPSA) is 76.2 Å². The number of nitrogens with zero attached hydrogens (tertiary/aromatic N) is 2. The minimum Gasteiger partial charge on any atom is -0.486 e. The molecule has 0 saturated carbocycles. The number of rotatable bonds is 4. The Hall–Kier alpha value is -2.36. The first-order valence-electron chi connectivity index (χ1n) is 8.94. The number of benzene rings is 1. The fourth-order valence-electron chi connectivity index (χ4n) is 3.13. The molecule has 2 aliphatic rings. The van der Waals surface area contributed by atoms with Crippen LogP contribution in [0.3, 0.4) is 0 Å². The van der Waals surface area contributed by atoms with Crippen LogP contribution >= 0.6 is 11.3 Å². The molecule has 9 heteroatoms. The Bertz CT molecular complexity index is 978. The van der Waals surface area contributed by atoms with E-state index >= 15 is 0 Å². The minimum absolute atomic E-state index is 0.107. The summed E-state index contributed by atoms with van der Waals surface area (Å²) in [6.45, 7) is 2.09. The van der Waals surface area contributed by atoms with E-state index in [1.807, 2.05) is 17.5 Å². The van der Waals surface area contributed by atoms with Gasteiger partial charge in [-0.05, 0) is 29.7 Å². The number of sulfonamides is 1. The van der Waals surface area contributed by atoms with Gasteiger partial charge in [0.15, 0.2) is 11.5 Å². The van der Waals surface area contributed by atoms with Crippen molar-refractivity contribution in [3.63, 3.8) is 0 Å². The molecule has 1 fully saturated rings. The fourth-order valence-corrected chi connectivity index (χ4v) is 5.18. The monoisotopic (exact) mass is 420 g/mol. The highest BCUT2D eigenvalue weighted by Gasteiger charge is 2.30. The Labute approximate surface area is 167 Å². The standard InChI is InChI=1S/C19H20N2O5S2/c22-19(6-3-15-2-1-13-27-15)20-7-9-21(10-8-20)28(23,24)16-4-5-17-18(14-16)26-12-11-25-17/h1-6,13-14H,7-12H2/b6-3+. The first kappa shape index (κ1) is 19.0. The van der Waals surface area contributed by atoms with E-state index < -0.39 is 10.0 Å². The highest BCUT2D eigenvalue weighted by atomic mass is 32.2. The summed E-state index contributed by atoms with van der Waals surface area (Å²) in [5.74, 6) is 0.891. The van der Waals surface area contributed by atoms with Crippen LogP contribution in [0, 0.1) is 0 Å². The largest absolute Gasteiger partial charge is 0.486 e. The smallest absolute Gasteiger partial charge is 0.246 e. The molecule has 4 rings (SSSR count). The molecule has 0 radical (unpaired) electrons. The third kappa shape index (κ3) is 3.91. The molecule has 1 amide bonds. The van der Waals surface area contributed by atoms with Crippen molar-refractivity contribution >= 4 is 33.3 Å². The molecule has 7 nitrogen and oxygen atoms in total. The molecule has 2 aromatic rings. The molecular weight excluding hydrogens is 400 g/mol. The van der Waals surface area contributed by atoms with Gasteiger partial charge in [-0.3, -0.25) is 4.79 Å². The zero-order valence-corrected chi connectivity index (χ0v) is 16.7. The van der Waals surface area contributed by atoms with E-state index in [1.54, 1.807) is 28.4 Å². The first-order chi connectivity index (χ1) is 13.5. The summed E-state index contributed by atoms with van der Waals surface area (Å²) >= 11 is 1.56. The Morgan fingerprint density at radius 2 is 1.79 bits per heavy atom. The minimum atomic E-state index is -3.65. The van der Waals surface area contributed by atoms with Gasteiger partial charge in [0, 0.05) is 43.2 Å². The second-order valence-corrected chi connectivity index (χ2v) is 9.30. The number of carbonyl (C=O) groups excluding carboxylic acids is 1. The lowest BCUT2D eigenvalue weighted by molar-refractivity contribution is -0.127. The summed E-state index contributed by atoms with van der Waals surface area (Å²) in [4.78, 5) is 15.2. The van der Waals surface area contributed by atoms with Gasteiger partial charge in [-0.1, -0.05) is 6.07 Å². The van der Waals surface area contributed by atoms with Crippen molar-refractivity contribution in [3.8, 4) is 11.5 Å². The summed E-state index contributed by atoms with van der Waals surface area (Å²) in [6, 6.07) is 8.52. The molecule has 28 heavy (non-hydrogen) atoms. The number of ether oxygens (including phenoxy) is 2. The molecule has 0 atom stereocenters. The number of amides is 1. The number of fused-ring (bicyclic) bond motifs is 1. The van der Waals surface area contributed by atoms with Gasteiger partial charge in [-0.15, -0.1) is 11.3 Å². The van der Waals surface area contributed by atoms with Crippen LogP contribution < -0.4 is 9.47 Å². The zero-order valence-electron chi connectivity index (χ0n) is 15.1. The zero-order chi connectivity index (χ0) is 19.6. The summed E-state index contributed by atoms with van der Waals surface area (Å²) in [5, 5.41) is 1.95. The highest BCUT2D eigenvalue weighted by Crippen LogP contribution is 2.33. The van der Waals surface area contributed by atoms with Gasteiger partial charge in [0.25, 0.3) is 0 Å². The van der Waals surface area contributed by atoms with Gasteiger partial charge in [-0.2, -0.15) is 4.31 Å². The second-order valence-electron chi connectivity index (χ2n) is 6.38. The van der Waals surface area contributed by atoms with Gasteiger partial charge < -0.3 is 14.4 Å². The van der Waals surface area contributed by atoms with E-state index in [0.29, 0.717) is 37.8 Å². The molecule has 2 aliphatic heterocycles. The number of carbonyl (C=O) groups is 1. The van der Waals surface area contributed by atoms with Gasteiger partial charge in [0.1, 0.15) is 13.2 Å². The number of thiophene rings is 1. The van der Waals surface area contributed by atoms with E-state index in [1.165, 1.54) is 22.5 Å². The maximum absolute atomic E-state index is 12.9. The molecule has 3 heterocycles. The molecule has 0 N–H and O–H groups in total. The summed E-state index contributed by atoms with van der Waals surface area (Å²) in [7, 11) is -3.65. The van der Waals surface area contributed by atoms with Gasteiger partial charge in [-0.25, -0.2) is 8.42 Å². The summed E-state index contributed by atoms with van der Waals surface area (Å²) in [6.07, 6.45) is 3.32. The SMILES string of the molecule is O=C(/C=C/c1cccs1)N1CCN(S(=O)(=O)c2ccc3c(c2)OCCO3)CC1. The average molecular weight is 421 g/mol. The van der Waals surface area contributed by atoms with E-state index in [4.69, 9.17) is 9.47 Å². The van der Waals surface area contributed by atoms with Crippen LogP contribution in [0.4, 0.5) is 0 Å². The molecule has 1 aromatic carbocycles. The lowest BCUT2D eigenvalue weighted by atomic mass is 10.3. The van der Waals surface area contributed by atoms with Crippen LogP contribution in [0.2, 0.25) is 0 Å². The second kappa shape index (κ2) is 7.94. The summed E-state index contributed by atoms with van der Waals surface area (Å²) in [5.41, 5.74) is 0. The molecule has 148 valence electrons. The van der Waals surface area contributed by atoms with Crippen molar-refractivity contribution in [2.45, 2.75) is 4.90 Å². The number of hydrogen-bond donors (Lipinski definition) is 0. The molecule has 0 spiro atoms. The fraction of sp³-hybridized carbons (Fsp3) is 0.316. The Balaban J connectivity index is 1.40. The maximum Gasteiger partial charge on any atom is 0.246 e. The van der Waals surface area contributed by atoms with Gasteiger partial charge >= 0.3 is 0 Å². The predicted molar refractivity (Wildman–Crippen MR) is 106 cm³/mol. The number of hydrogen-bond acceptors (Lipinski definition) is 6. The van der Waals surface area contributed by atoms with Crippen LogP contribution in [0.25, 0.3) is 6.08 Å². The van der Waals surface area contributed by atoms with Crippen molar-refractivity contribution in [3.05, 3.63) is 46.7 Å². The Morgan fingerprint density at radius 1 is 1.04 bits per heavy atom. The van der Waals surface area contributed by atoms with Crippen LogP contribution in [-0.2, 0) is 14.8 Å². The third-order valence-corrected chi connectivity index (χ3v) is 7.37. The van der Waals surface area contributed by atoms with E-state index in [-0.39, 0.29) is 23.9 Å². The van der Waals surface area contributed by atoms with Gasteiger partial charge in [0.2, 0.25) is 15.9 Å². The molecular formula is C19H20N2O5S2. The normalized spacial score (nSPS) is 17.8.